The van der Waals surface area contributed by atoms with Gasteiger partial charge in [-0.2, -0.15) is 5.10 Å². The largest absolute Gasteiger partial charge is 0.310 e. The molecule has 0 aliphatic rings. The van der Waals surface area contributed by atoms with Gasteiger partial charge in [-0.15, -0.1) is 0 Å². The van der Waals surface area contributed by atoms with Gasteiger partial charge in [-0.05, 0) is 31.5 Å². The van der Waals surface area contributed by atoms with Crippen LogP contribution in [-0.4, -0.2) is 21.3 Å². The molecular weight excluding hydrogens is 316 g/mol. The van der Waals surface area contributed by atoms with E-state index in [1.165, 1.54) is 15.6 Å². The summed E-state index contributed by atoms with van der Waals surface area (Å²) in [7, 11) is 0. The van der Waals surface area contributed by atoms with Gasteiger partial charge in [0.15, 0.2) is 0 Å². The Morgan fingerprint density at radius 3 is 2.85 bits per heavy atom. The number of aryl methyl sites for hydroxylation is 2. The molecule has 0 fully saturated rings. The second-order valence-corrected chi connectivity index (χ2v) is 5.58. The summed E-state index contributed by atoms with van der Waals surface area (Å²) in [6.07, 6.45) is 2.47. The highest BCUT2D eigenvalue weighted by molar-refractivity contribution is 9.10. The molecule has 1 atom stereocenters. The molecule has 108 valence electrons. The maximum atomic E-state index is 4.38. The smallest absolute Gasteiger partial charge is 0.138 e. The molecule has 1 N–H and O–H groups in total. The summed E-state index contributed by atoms with van der Waals surface area (Å²) >= 11 is 3.71. The van der Waals surface area contributed by atoms with Crippen molar-refractivity contribution in [2.24, 2.45) is 0 Å². The van der Waals surface area contributed by atoms with Crippen LogP contribution in [0.25, 0.3) is 0 Å². The van der Waals surface area contributed by atoms with Gasteiger partial charge in [-0.25, -0.2) is 4.98 Å². The number of halogens is 1. The summed E-state index contributed by atoms with van der Waals surface area (Å²) in [6.45, 7) is 8.10. The number of hydrogen-bond donors (Lipinski definition) is 1. The van der Waals surface area contributed by atoms with Crippen molar-refractivity contribution >= 4 is 15.9 Å². The van der Waals surface area contributed by atoms with Crippen LogP contribution in [0.3, 0.4) is 0 Å². The second-order valence-electron chi connectivity index (χ2n) is 4.78. The minimum Gasteiger partial charge on any atom is -0.310 e. The third-order valence-corrected chi connectivity index (χ3v) is 4.51. The first-order chi connectivity index (χ1) is 9.67. The first-order valence-electron chi connectivity index (χ1n) is 7.02. The summed E-state index contributed by atoms with van der Waals surface area (Å²) in [5.74, 6) is 1.02. The van der Waals surface area contributed by atoms with Crippen molar-refractivity contribution in [1.82, 2.24) is 20.1 Å². The molecule has 0 amide bonds. The highest BCUT2D eigenvalue weighted by Gasteiger charge is 2.17. The van der Waals surface area contributed by atoms with Crippen molar-refractivity contribution in [2.45, 2.75) is 39.8 Å². The van der Waals surface area contributed by atoms with Gasteiger partial charge >= 0.3 is 0 Å². The van der Waals surface area contributed by atoms with E-state index >= 15 is 0 Å². The molecule has 0 saturated carbocycles. The minimum absolute atomic E-state index is 0.240. The Kier molecular flexibility index (Phi) is 5.31. The van der Waals surface area contributed by atoms with Crippen LogP contribution in [0.5, 0.6) is 0 Å². The topological polar surface area (TPSA) is 42.7 Å². The zero-order valence-electron chi connectivity index (χ0n) is 12.2. The second kappa shape index (κ2) is 6.99. The molecule has 1 unspecified atom stereocenters. The van der Waals surface area contributed by atoms with E-state index in [0.29, 0.717) is 0 Å². The van der Waals surface area contributed by atoms with Gasteiger partial charge in [0, 0.05) is 23.5 Å². The fourth-order valence-corrected chi connectivity index (χ4v) is 2.91. The van der Waals surface area contributed by atoms with E-state index in [0.717, 1.165) is 25.3 Å². The standard InChI is InChI=1S/C15H21BrN4/c1-4-17-13(9-14-18-10-19-20(14)5-2)12-8-6-7-11(3)15(12)16/h6-8,10,13,17H,4-5,9H2,1-3H3. The van der Waals surface area contributed by atoms with E-state index < -0.39 is 0 Å². The van der Waals surface area contributed by atoms with Crippen molar-refractivity contribution in [3.63, 3.8) is 0 Å². The lowest BCUT2D eigenvalue weighted by atomic mass is 10.0. The molecule has 20 heavy (non-hydrogen) atoms. The lowest BCUT2D eigenvalue weighted by molar-refractivity contribution is 0.508. The number of rotatable bonds is 6. The molecule has 2 aromatic rings. The minimum atomic E-state index is 0.240. The Bertz CT molecular complexity index is 565. The van der Waals surface area contributed by atoms with Gasteiger partial charge in [0.1, 0.15) is 12.2 Å². The van der Waals surface area contributed by atoms with Crippen LogP contribution in [0.4, 0.5) is 0 Å². The summed E-state index contributed by atoms with van der Waals surface area (Å²) in [5.41, 5.74) is 2.53. The lowest BCUT2D eigenvalue weighted by Gasteiger charge is -2.20. The summed E-state index contributed by atoms with van der Waals surface area (Å²) in [5, 5.41) is 7.79. The Balaban J connectivity index is 2.29. The Hall–Kier alpha value is -1.20. The van der Waals surface area contributed by atoms with E-state index in [4.69, 9.17) is 0 Å². The Labute approximate surface area is 128 Å². The first-order valence-corrected chi connectivity index (χ1v) is 7.81. The highest BCUT2D eigenvalue weighted by atomic mass is 79.9. The molecule has 0 bridgehead atoms. The van der Waals surface area contributed by atoms with Crippen LogP contribution in [-0.2, 0) is 13.0 Å². The van der Waals surface area contributed by atoms with Gasteiger partial charge in [-0.3, -0.25) is 4.68 Å². The molecular formula is C15H21BrN4. The maximum absolute atomic E-state index is 4.38. The molecule has 1 aromatic heterocycles. The molecule has 0 radical (unpaired) electrons. The van der Waals surface area contributed by atoms with Crippen LogP contribution in [0.1, 0.15) is 36.8 Å². The van der Waals surface area contributed by atoms with E-state index in [2.05, 4.69) is 70.3 Å². The zero-order chi connectivity index (χ0) is 14.5. The molecule has 1 aromatic carbocycles. The van der Waals surface area contributed by atoms with E-state index in [1.807, 2.05) is 4.68 Å². The van der Waals surface area contributed by atoms with E-state index in [1.54, 1.807) is 6.33 Å². The molecule has 0 aliphatic heterocycles. The fourth-order valence-electron chi connectivity index (χ4n) is 2.37. The quantitative estimate of drug-likeness (QED) is 0.880. The van der Waals surface area contributed by atoms with Crippen LogP contribution in [0, 0.1) is 6.92 Å². The number of aromatic nitrogens is 3. The zero-order valence-corrected chi connectivity index (χ0v) is 13.8. The third kappa shape index (κ3) is 3.27. The predicted octanol–water partition coefficient (Wildman–Crippen LogP) is 3.26. The molecule has 2 rings (SSSR count). The van der Waals surface area contributed by atoms with Gasteiger partial charge in [-0.1, -0.05) is 41.1 Å². The van der Waals surface area contributed by atoms with Crippen molar-refractivity contribution in [1.29, 1.82) is 0 Å². The van der Waals surface area contributed by atoms with Crippen molar-refractivity contribution in [2.75, 3.05) is 6.54 Å². The summed E-state index contributed by atoms with van der Waals surface area (Å²) in [4.78, 5) is 4.38. The van der Waals surface area contributed by atoms with Crippen LogP contribution in [0.2, 0.25) is 0 Å². The van der Waals surface area contributed by atoms with E-state index in [9.17, 15) is 0 Å². The SMILES string of the molecule is CCNC(Cc1ncnn1CC)c1cccc(C)c1Br. The molecule has 5 heteroatoms. The monoisotopic (exact) mass is 336 g/mol. The van der Waals surface area contributed by atoms with Crippen molar-refractivity contribution in [3.05, 3.63) is 46.0 Å². The van der Waals surface area contributed by atoms with Crippen molar-refractivity contribution < 1.29 is 0 Å². The van der Waals surface area contributed by atoms with Crippen LogP contribution >= 0.6 is 15.9 Å². The molecule has 4 nitrogen and oxygen atoms in total. The third-order valence-electron chi connectivity index (χ3n) is 3.43. The Morgan fingerprint density at radius 1 is 1.35 bits per heavy atom. The first kappa shape index (κ1) is 15.2. The fraction of sp³-hybridized carbons (Fsp3) is 0.467. The lowest BCUT2D eigenvalue weighted by Crippen LogP contribution is -2.25. The molecule has 0 saturated heterocycles. The molecule has 0 spiro atoms. The number of benzene rings is 1. The molecule has 0 aliphatic carbocycles. The van der Waals surface area contributed by atoms with Gasteiger partial charge in [0.25, 0.3) is 0 Å². The van der Waals surface area contributed by atoms with Crippen molar-refractivity contribution in [3.8, 4) is 0 Å². The Morgan fingerprint density at radius 2 is 2.15 bits per heavy atom. The number of nitrogens with zero attached hydrogens (tertiary/aromatic N) is 3. The maximum Gasteiger partial charge on any atom is 0.138 e. The number of hydrogen-bond acceptors (Lipinski definition) is 3. The van der Waals surface area contributed by atoms with Crippen LogP contribution in [0.15, 0.2) is 29.0 Å². The van der Waals surface area contributed by atoms with Gasteiger partial charge in [0.2, 0.25) is 0 Å². The van der Waals surface area contributed by atoms with Gasteiger partial charge in [0.05, 0.1) is 0 Å². The number of nitrogens with one attached hydrogen (secondary N) is 1. The summed E-state index contributed by atoms with van der Waals surface area (Å²) < 4.78 is 3.13. The average Bonchev–Trinajstić information content (AvgIpc) is 2.89. The molecule has 1 heterocycles. The van der Waals surface area contributed by atoms with Gasteiger partial charge < -0.3 is 5.32 Å². The number of likely N-dealkylation sites (N-methyl/N-ethyl adjacent to an activating group) is 1. The van der Waals surface area contributed by atoms with E-state index in [-0.39, 0.29) is 6.04 Å². The highest BCUT2D eigenvalue weighted by Crippen LogP contribution is 2.28. The van der Waals surface area contributed by atoms with Crippen LogP contribution < -0.4 is 5.32 Å². The summed E-state index contributed by atoms with van der Waals surface area (Å²) in [6, 6.07) is 6.62. The average molecular weight is 337 g/mol. The normalized spacial score (nSPS) is 12.6. The predicted molar refractivity (Wildman–Crippen MR) is 84.7 cm³/mol.